The van der Waals surface area contributed by atoms with Crippen molar-refractivity contribution in [3.8, 4) is 0 Å². The summed E-state index contributed by atoms with van der Waals surface area (Å²) in [4.78, 5) is 0. The predicted molar refractivity (Wildman–Crippen MR) is 51.2 cm³/mol. The normalized spacial score (nSPS) is 33.6. The highest BCUT2D eigenvalue weighted by Crippen LogP contribution is 2.34. The number of fused-ring (bicyclic) bond motifs is 2. The van der Waals surface area contributed by atoms with E-state index in [1.54, 1.807) is 0 Å². The van der Waals surface area contributed by atoms with Crippen LogP contribution < -0.4 is 5.32 Å². The number of nitrogens with one attached hydrogen (secondary N) is 1. The first-order chi connectivity index (χ1) is 7.54. The van der Waals surface area contributed by atoms with Gasteiger partial charge in [0.25, 0.3) is 0 Å². The molecule has 3 nitrogen and oxygen atoms in total. The average Bonchev–Trinajstić information content (AvgIpc) is 2.76. The Hall–Kier alpha value is -0.330. The van der Waals surface area contributed by atoms with E-state index in [9.17, 15) is 13.2 Å². The number of hydrogen-bond acceptors (Lipinski definition) is 3. The van der Waals surface area contributed by atoms with E-state index in [0.29, 0.717) is 18.7 Å². The highest BCUT2D eigenvalue weighted by atomic mass is 19.4. The van der Waals surface area contributed by atoms with Gasteiger partial charge in [0, 0.05) is 12.6 Å². The molecule has 2 fully saturated rings. The van der Waals surface area contributed by atoms with E-state index in [4.69, 9.17) is 4.74 Å². The molecule has 3 atom stereocenters. The Bertz CT molecular complexity index is 235. The molecule has 2 aliphatic heterocycles. The van der Waals surface area contributed by atoms with Gasteiger partial charge in [0.1, 0.15) is 6.61 Å². The third-order valence-corrected chi connectivity index (χ3v) is 3.02. The van der Waals surface area contributed by atoms with Gasteiger partial charge < -0.3 is 14.8 Å². The van der Waals surface area contributed by atoms with E-state index in [2.05, 4.69) is 10.1 Å². The third kappa shape index (κ3) is 3.33. The highest BCUT2D eigenvalue weighted by Gasteiger charge is 2.40. The van der Waals surface area contributed by atoms with Gasteiger partial charge >= 0.3 is 6.18 Å². The van der Waals surface area contributed by atoms with Crippen molar-refractivity contribution in [1.29, 1.82) is 0 Å². The second kappa shape index (κ2) is 4.89. The van der Waals surface area contributed by atoms with Crippen LogP contribution >= 0.6 is 0 Å². The van der Waals surface area contributed by atoms with Gasteiger partial charge in [0.15, 0.2) is 0 Å². The predicted octanol–water partition coefficient (Wildman–Crippen LogP) is 1.47. The lowest BCUT2D eigenvalue weighted by Crippen LogP contribution is -2.39. The van der Waals surface area contributed by atoms with Crippen molar-refractivity contribution >= 4 is 0 Å². The van der Waals surface area contributed by atoms with Crippen LogP contribution in [0.15, 0.2) is 0 Å². The standard InChI is InChI=1S/C10H16F3NO2/c11-10(12,13)6-15-4-3-14-8-5-7-1-2-9(8)16-7/h7-9,14H,1-6H2. The fourth-order valence-corrected chi connectivity index (χ4v) is 2.36. The first kappa shape index (κ1) is 12.1. The van der Waals surface area contributed by atoms with Crippen molar-refractivity contribution in [2.75, 3.05) is 19.8 Å². The molecule has 6 heteroatoms. The summed E-state index contributed by atoms with van der Waals surface area (Å²) >= 11 is 0. The first-order valence-corrected chi connectivity index (χ1v) is 5.58. The van der Waals surface area contributed by atoms with Crippen LogP contribution in [0.1, 0.15) is 19.3 Å². The van der Waals surface area contributed by atoms with E-state index in [1.165, 1.54) is 0 Å². The molecule has 0 aromatic rings. The van der Waals surface area contributed by atoms with Gasteiger partial charge in [-0.05, 0) is 19.3 Å². The molecule has 16 heavy (non-hydrogen) atoms. The SMILES string of the molecule is FC(F)(F)COCCNC1CC2CCC1O2. The minimum absolute atomic E-state index is 0.0907. The van der Waals surface area contributed by atoms with Crippen molar-refractivity contribution in [3.63, 3.8) is 0 Å². The maximum absolute atomic E-state index is 11.7. The molecule has 2 heterocycles. The lowest BCUT2D eigenvalue weighted by atomic mass is 9.96. The molecular formula is C10H16F3NO2. The molecule has 0 aromatic heterocycles. The summed E-state index contributed by atoms with van der Waals surface area (Å²) in [6.45, 7) is -0.622. The van der Waals surface area contributed by atoms with Crippen LogP contribution in [0.2, 0.25) is 0 Å². The Morgan fingerprint density at radius 1 is 1.31 bits per heavy atom. The smallest absolute Gasteiger partial charge is 0.373 e. The Labute approximate surface area is 92.3 Å². The summed E-state index contributed by atoms with van der Waals surface area (Å²) in [6.07, 6.45) is -0.454. The molecule has 0 aliphatic carbocycles. The Morgan fingerprint density at radius 2 is 2.12 bits per heavy atom. The molecule has 2 rings (SSSR count). The zero-order chi connectivity index (χ0) is 11.6. The largest absolute Gasteiger partial charge is 0.411 e. The van der Waals surface area contributed by atoms with E-state index in [1.807, 2.05) is 0 Å². The summed E-state index contributed by atoms with van der Waals surface area (Å²) in [5, 5.41) is 3.18. The van der Waals surface area contributed by atoms with Crippen molar-refractivity contribution < 1.29 is 22.6 Å². The van der Waals surface area contributed by atoms with Crippen molar-refractivity contribution in [2.24, 2.45) is 0 Å². The van der Waals surface area contributed by atoms with E-state index in [-0.39, 0.29) is 12.7 Å². The summed E-state index contributed by atoms with van der Waals surface area (Å²) in [5.74, 6) is 0. The molecule has 2 bridgehead atoms. The Morgan fingerprint density at radius 3 is 2.69 bits per heavy atom. The molecule has 0 saturated carbocycles. The topological polar surface area (TPSA) is 30.5 Å². The van der Waals surface area contributed by atoms with Crippen LogP contribution in [-0.2, 0) is 9.47 Å². The second-order valence-corrected chi connectivity index (χ2v) is 4.34. The monoisotopic (exact) mass is 239 g/mol. The number of ether oxygens (including phenoxy) is 2. The van der Waals surface area contributed by atoms with Crippen molar-refractivity contribution in [2.45, 2.75) is 43.7 Å². The van der Waals surface area contributed by atoms with Crippen LogP contribution in [0, 0.1) is 0 Å². The summed E-state index contributed by atoms with van der Waals surface area (Å²) in [7, 11) is 0. The maximum Gasteiger partial charge on any atom is 0.411 e. The molecular weight excluding hydrogens is 223 g/mol. The van der Waals surface area contributed by atoms with Crippen LogP contribution in [0.5, 0.6) is 0 Å². The summed E-state index contributed by atoms with van der Waals surface area (Å²) in [6, 6.07) is 0.299. The van der Waals surface area contributed by atoms with Crippen LogP contribution in [0.3, 0.4) is 0 Å². The van der Waals surface area contributed by atoms with E-state index in [0.717, 1.165) is 19.3 Å². The van der Waals surface area contributed by atoms with Crippen LogP contribution in [0.4, 0.5) is 13.2 Å². The average molecular weight is 239 g/mol. The fourth-order valence-electron chi connectivity index (χ4n) is 2.36. The number of rotatable bonds is 5. The van der Waals surface area contributed by atoms with Gasteiger partial charge in [0.2, 0.25) is 0 Å². The minimum Gasteiger partial charge on any atom is -0.373 e. The molecule has 94 valence electrons. The quantitative estimate of drug-likeness (QED) is 0.737. The number of alkyl halides is 3. The molecule has 2 aliphatic rings. The zero-order valence-corrected chi connectivity index (χ0v) is 8.93. The molecule has 0 spiro atoms. The first-order valence-electron chi connectivity index (χ1n) is 5.58. The minimum atomic E-state index is -4.23. The van der Waals surface area contributed by atoms with Crippen LogP contribution in [0.25, 0.3) is 0 Å². The Kier molecular flexibility index (Phi) is 3.71. The van der Waals surface area contributed by atoms with Crippen molar-refractivity contribution in [1.82, 2.24) is 5.32 Å². The van der Waals surface area contributed by atoms with Gasteiger partial charge in [-0.15, -0.1) is 0 Å². The molecule has 2 saturated heterocycles. The van der Waals surface area contributed by atoms with E-state index >= 15 is 0 Å². The summed E-state index contributed by atoms with van der Waals surface area (Å²) < 4.78 is 45.3. The van der Waals surface area contributed by atoms with Crippen molar-refractivity contribution in [3.05, 3.63) is 0 Å². The molecule has 3 unspecified atom stereocenters. The van der Waals surface area contributed by atoms with Gasteiger partial charge in [-0.25, -0.2) is 0 Å². The van der Waals surface area contributed by atoms with Gasteiger partial charge in [-0.2, -0.15) is 13.2 Å². The maximum atomic E-state index is 11.7. The Balaban J connectivity index is 1.52. The van der Waals surface area contributed by atoms with Gasteiger partial charge in [0.05, 0.1) is 18.8 Å². The molecule has 0 aromatic carbocycles. The number of hydrogen-bond donors (Lipinski definition) is 1. The molecule has 0 radical (unpaired) electrons. The number of halogens is 3. The van der Waals surface area contributed by atoms with E-state index < -0.39 is 12.8 Å². The van der Waals surface area contributed by atoms with Gasteiger partial charge in [-0.3, -0.25) is 0 Å². The zero-order valence-electron chi connectivity index (χ0n) is 8.93. The lowest BCUT2D eigenvalue weighted by Gasteiger charge is -2.20. The lowest BCUT2D eigenvalue weighted by molar-refractivity contribution is -0.173. The molecule has 1 N–H and O–H groups in total. The van der Waals surface area contributed by atoms with Gasteiger partial charge in [-0.1, -0.05) is 0 Å². The molecule has 0 amide bonds. The second-order valence-electron chi connectivity index (χ2n) is 4.34. The fraction of sp³-hybridized carbons (Fsp3) is 1.00. The highest BCUT2D eigenvalue weighted by molar-refractivity contribution is 4.93. The third-order valence-electron chi connectivity index (χ3n) is 3.02. The van der Waals surface area contributed by atoms with Crippen LogP contribution in [-0.4, -0.2) is 44.2 Å². The summed E-state index contributed by atoms with van der Waals surface area (Å²) in [5.41, 5.74) is 0.